The molecule has 4 heterocycles. The van der Waals surface area contributed by atoms with E-state index in [9.17, 15) is 0 Å². The zero-order chi connectivity index (χ0) is 31.3. The number of hydrogen-bond donors (Lipinski definition) is 0. The third-order valence-electron chi connectivity index (χ3n) is 10.1. The lowest BCUT2D eigenvalue weighted by molar-refractivity contribution is -0.106. The molecule has 3 saturated heterocycles. The minimum absolute atomic E-state index is 0.102. The van der Waals surface area contributed by atoms with Gasteiger partial charge in [-0.2, -0.15) is 0 Å². The van der Waals surface area contributed by atoms with E-state index in [1.807, 2.05) is 6.07 Å². The van der Waals surface area contributed by atoms with Gasteiger partial charge < -0.3 is 28.4 Å². The van der Waals surface area contributed by atoms with Crippen molar-refractivity contribution in [3.63, 3.8) is 0 Å². The first-order chi connectivity index (χ1) is 22.6. The van der Waals surface area contributed by atoms with Crippen LogP contribution in [-0.2, 0) is 9.47 Å². The Morgan fingerprint density at radius 2 is 1.37 bits per heavy atom. The highest BCUT2D eigenvalue weighted by molar-refractivity contribution is 5.48. The molecule has 3 aromatic carbocycles. The van der Waals surface area contributed by atoms with Gasteiger partial charge in [0.05, 0.1) is 13.2 Å². The minimum Gasteiger partial charge on any atom is -0.492 e. The van der Waals surface area contributed by atoms with Crippen LogP contribution in [0.2, 0.25) is 0 Å². The van der Waals surface area contributed by atoms with Crippen molar-refractivity contribution >= 4 is 0 Å². The first kappa shape index (κ1) is 31.3. The van der Waals surface area contributed by atoms with Crippen LogP contribution < -0.4 is 18.9 Å². The molecule has 46 heavy (non-hydrogen) atoms. The van der Waals surface area contributed by atoms with Gasteiger partial charge in [0.1, 0.15) is 35.7 Å². The maximum Gasteiger partial charge on any atom is 0.199 e. The molecule has 0 radical (unpaired) electrons. The van der Waals surface area contributed by atoms with Crippen LogP contribution in [0.15, 0.2) is 66.7 Å². The molecule has 0 amide bonds. The van der Waals surface area contributed by atoms with Crippen LogP contribution in [0.5, 0.6) is 23.0 Å². The number of ether oxygens (including phenoxy) is 6. The fraction of sp³-hybridized carbons (Fsp3) is 0.538. The Hall–Kier alpha value is -3.26. The fourth-order valence-corrected chi connectivity index (χ4v) is 7.43. The van der Waals surface area contributed by atoms with Crippen molar-refractivity contribution in [3.8, 4) is 23.0 Å². The minimum atomic E-state index is -0.197. The summed E-state index contributed by atoms with van der Waals surface area (Å²) in [5.74, 6) is 4.49. The third kappa shape index (κ3) is 7.48. The van der Waals surface area contributed by atoms with Gasteiger partial charge in [-0.15, -0.1) is 0 Å². The van der Waals surface area contributed by atoms with Crippen molar-refractivity contribution in [2.45, 2.75) is 89.3 Å². The highest BCUT2D eigenvalue weighted by atomic mass is 16.7. The van der Waals surface area contributed by atoms with E-state index in [4.69, 9.17) is 28.4 Å². The normalized spacial score (nSPS) is 28.2. The molecule has 6 atom stereocenters. The smallest absolute Gasteiger partial charge is 0.199 e. The molecule has 0 aliphatic carbocycles. The van der Waals surface area contributed by atoms with E-state index < -0.39 is 0 Å². The highest BCUT2D eigenvalue weighted by Crippen LogP contribution is 2.52. The molecule has 4 aliphatic rings. The molecule has 3 fully saturated rings. The summed E-state index contributed by atoms with van der Waals surface area (Å²) in [5, 5.41) is 0. The van der Waals surface area contributed by atoms with Crippen LogP contribution in [0.25, 0.3) is 0 Å². The molecule has 0 aromatic heterocycles. The van der Waals surface area contributed by atoms with Crippen LogP contribution in [0.4, 0.5) is 0 Å². The Bertz CT molecular complexity index is 1400. The van der Waals surface area contributed by atoms with Gasteiger partial charge in [0, 0.05) is 37.9 Å². The molecule has 4 aliphatic heterocycles. The lowest BCUT2D eigenvalue weighted by atomic mass is 9.75. The van der Waals surface area contributed by atoms with E-state index in [-0.39, 0.29) is 30.5 Å². The zero-order valence-electron chi connectivity index (χ0n) is 27.4. The average molecular weight is 628 g/mol. The van der Waals surface area contributed by atoms with Crippen LogP contribution in [-0.4, -0.2) is 56.9 Å². The monoisotopic (exact) mass is 627 g/mol. The van der Waals surface area contributed by atoms with Gasteiger partial charge in [0.2, 0.25) is 0 Å². The van der Waals surface area contributed by atoms with Crippen molar-refractivity contribution < 1.29 is 28.4 Å². The summed E-state index contributed by atoms with van der Waals surface area (Å²) in [6, 6.07) is 23.3. The van der Waals surface area contributed by atoms with Gasteiger partial charge in [0.25, 0.3) is 0 Å². The summed E-state index contributed by atoms with van der Waals surface area (Å²) in [4.78, 5) is 2.50. The van der Waals surface area contributed by atoms with Gasteiger partial charge >= 0.3 is 0 Å². The molecule has 0 N–H and O–H groups in total. The van der Waals surface area contributed by atoms with Gasteiger partial charge in [0.15, 0.2) is 12.6 Å². The molecular weight excluding hydrogens is 578 g/mol. The summed E-state index contributed by atoms with van der Waals surface area (Å²) < 4.78 is 37.1. The van der Waals surface area contributed by atoms with Gasteiger partial charge in [-0.1, -0.05) is 44.2 Å². The molecule has 7 nitrogen and oxygen atoms in total. The predicted molar refractivity (Wildman–Crippen MR) is 178 cm³/mol. The lowest BCUT2D eigenvalue weighted by Crippen LogP contribution is -2.28. The van der Waals surface area contributed by atoms with Crippen molar-refractivity contribution in [3.05, 3.63) is 83.4 Å². The molecule has 0 spiro atoms. The van der Waals surface area contributed by atoms with E-state index in [0.29, 0.717) is 6.61 Å². The average Bonchev–Trinajstić information content (AvgIpc) is 3.51. The van der Waals surface area contributed by atoms with Crippen LogP contribution in [0.1, 0.15) is 93.4 Å². The Balaban J connectivity index is 1.11. The van der Waals surface area contributed by atoms with Crippen molar-refractivity contribution in [1.29, 1.82) is 0 Å². The van der Waals surface area contributed by atoms with E-state index in [2.05, 4.69) is 79.4 Å². The van der Waals surface area contributed by atoms with Crippen molar-refractivity contribution in [2.75, 3.05) is 39.5 Å². The maximum absolute atomic E-state index is 6.92. The Morgan fingerprint density at radius 1 is 0.717 bits per heavy atom. The largest absolute Gasteiger partial charge is 0.492 e. The lowest BCUT2D eigenvalue weighted by Gasteiger charge is -2.39. The predicted octanol–water partition coefficient (Wildman–Crippen LogP) is 8.24. The number of likely N-dealkylation sites (tertiary alicyclic amines) is 1. The molecular formula is C39H49NO6. The second-order valence-electron chi connectivity index (χ2n) is 13.6. The second kappa shape index (κ2) is 14.7. The molecule has 0 bridgehead atoms. The van der Waals surface area contributed by atoms with E-state index in [1.165, 1.54) is 30.6 Å². The molecule has 5 unspecified atom stereocenters. The van der Waals surface area contributed by atoms with Crippen molar-refractivity contribution in [1.82, 2.24) is 4.90 Å². The Morgan fingerprint density at radius 3 is 2.02 bits per heavy atom. The first-order valence-electron chi connectivity index (χ1n) is 17.5. The topological polar surface area (TPSA) is 58.6 Å². The highest BCUT2D eigenvalue weighted by Gasteiger charge is 2.38. The Kier molecular flexibility index (Phi) is 9.99. The fourth-order valence-electron chi connectivity index (χ4n) is 7.43. The summed E-state index contributed by atoms with van der Waals surface area (Å²) >= 11 is 0. The Labute approximate surface area is 274 Å². The number of benzene rings is 3. The SMILES string of the molecule is CC1c2ccc(OC3CCCCO3)cc2OC(c2ccc(OCCN3CC[C@@H](C)C3)cc2)C1c1ccc(OC2CCCCO2)cc1. The third-order valence-corrected chi connectivity index (χ3v) is 10.1. The van der Waals surface area contributed by atoms with Crippen LogP contribution in [0.3, 0.4) is 0 Å². The van der Waals surface area contributed by atoms with Gasteiger partial charge in [-0.05, 0) is 97.5 Å². The number of fused-ring (bicyclic) bond motifs is 1. The quantitative estimate of drug-likeness (QED) is 0.224. The molecule has 246 valence electrons. The molecule has 7 rings (SSSR count). The van der Waals surface area contributed by atoms with E-state index >= 15 is 0 Å². The summed E-state index contributed by atoms with van der Waals surface area (Å²) in [6.45, 7) is 10.2. The van der Waals surface area contributed by atoms with E-state index in [0.717, 1.165) is 92.8 Å². The summed E-state index contributed by atoms with van der Waals surface area (Å²) in [5.41, 5.74) is 3.53. The van der Waals surface area contributed by atoms with Gasteiger partial charge in [-0.25, -0.2) is 0 Å². The summed E-state index contributed by atoms with van der Waals surface area (Å²) in [6.07, 6.45) is 7.06. The van der Waals surface area contributed by atoms with Crippen LogP contribution in [0, 0.1) is 5.92 Å². The standard InChI is InChI=1S/C39H49NO6/c1-27-19-20-40(26-27)21-24-41-31-13-11-30(12-14-31)39-38(29-9-15-32(16-10-29)44-36-7-3-5-22-42-36)28(2)34-18-17-33(25-35(34)46-39)45-37-8-4-6-23-43-37/h9-18,25,27-28,36-39H,3-8,19-24,26H2,1-2H3/t27-,28?,36?,37?,38?,39?/m1/s1. The van der Waals surface area contributed by atoms with Crippen molar-refractivity contribution in [2.24, 2.45) is 5.92 Å². The molecule has 3 aromatic rings. The maximum atomic E-state index is 6.92. The van der Waals surface area contributed by atoms with Gasteiger partial charge in [-0.3, -0.25) is 4.90 Å². The first-order valence-corrected chi connectivity index (χ1v) is 17.5. The number of nitrogens with zero attached hydrogens (tertiary/aromatic N) is 1. The van der Waals surface area contributed by atoms with E-state index in [1.54, 1.807) is 0 Å². The molecule has 7 heteroatoms. The number of hydrogen-bond acceptors (Lipinski definition) is 7. The van der Waals surface area contributed by atoms with Crippen LogP contribution >= 0.6 is 0 Å². The zero-order valence-corrected chi connectivity index (χ0v) is 27.4. The number of rotatable bonds is 10. The summed E-state index contributed by atoms with van der Waals surface area (Å²) in [7, 11) is 0. The second-order valence-corrected chi connectivity index (χ2v) is 13.6. The molecule has 0 saturated carbocycles.